The summed E-state index contributed by atoms with van der Waals surface area (Å²) in [6, 6.07) is 8.66. The molecule has 0 unspecified atom stereocenters. The first kappa shape index (κ1) is 21.3. The number of hydrogen-bond acceptors (Lipinski definition) is 6. The summed E-state index contributed by atoms with van der Waals surface area (Å²) >= 11 is 1.40. The van der Waals surface area contributed by atoms with Crippen molar-refractivity contribution in [3.63, 3.8) is 0 Å². The average Bonchev–Trinajstić information content (AvgIpc) is 3.15. The Kier molecular flexibility index (Phi) is 7.60. The molecule has 0 saturated carbocycles. The van der Waals surface area contributed by atoms with Crippen molar-refractivity contribution in [3.8, 4) is 0 Å². The maximum atomic E-state index is 12.3. The van der Waals surface area contributed by atoms with Crippen LogP contribution in [0, 0.1) is 5.92 Å². The number of benzene rings is 1. The van der Waals surface area contributed by atoms with Crippen LogP contribution in [0.4, 0.5) is 9.93 Å². The largest absolute Gasteiger partial charge is 0.445 e. The lowest BCUT2D eigenvalue weighted by molar-refractivity contribution is -0.117. The third-order valence-corrected chi connectivity index (χ3v) is 5.79. The molecular weight excluding hydrogens is 388 g/mol. The number of nitrogens with one attached hydrogen (secondary N) is 2. The molecule has 156 valence electrons. The standard InChI is InChI=1S/C21H28N4O3S/c1-15-8-10-25(11-9-15)12-18-14-29-20(23-18)24-19(26)16(2)22-21(27)28-13-17-6-4-3-5-7-17/h3-7,14-16H,8-13H2,1-2H3,(H,22,27)(H,23,24,26)/t16-/m0/s1. The summed E-state index contributed by atoms with van der Waals surface area (Å²) in [6.45, 7) is 7.05. The van der Waals surface area contributed by atoms with Gasteiger partial charge in [0.05, 0.1) is 5.69 Å². The molecule has 1 aromatic heterocycles. The number of rotatable bonds is 7. The summed E-state index contributed by atoms with van der Waals surface area (Å²) < 4.78 is 5.15. The number of ether oxygens (including phenoxy) is 1. The average molecular weight is 417 g/mol. The molecule has 0 aliphatic carbocycles. The summed E-state index contributed by atoms with van der Waals surface area (Å²) in [4.78, 5) is 31.1. The lowest BCUT2D eigenvalue weighted by Crippen LogP contribution is -2.41. The molecule has 3 rings (SSSR count). The minimum Gasteiger partial charge on any atom is -0.445 e. The number of carbonyl (C=O) groups excluding carboxylic acids is 2. The fraction of sp³-hybridized carbons (Fsp3) is 0.476. The smallest absolute Gasteiger partial charge is 0.408 e. The number of aromatic nitrogens is 1. The number of carbonyl (C=O) groups is 2. The Labute approximate surface area is 175 Å². The van der Waals surface area contributed by atoms with E-state index in [4.69, 9.17) is 4.74 Å². The second-order valence-corrected chi connectivity index (χ2v) is 8.38. The number of nitrogens with zero attached hydrogens (tertiary/aromatic N) is 2. The number of hydrogen-bond donors (Lipinski definition) is 2. The van der Waals surface area contributed by atoms with Crippen molar-refractivity contribution in [1.82, 2.24) is 15.2 Å². The van der Waals surface area contributed by atoms with Gasteiger partial charge in [0.1, 0.15) is 12.6 Å². The van der Waals surface area contributed by atoms with Gasteiger partial charge in [-0.2, -0.15) is 0 Å². The molecule has 29 heavy (non-hydrogen) atoms. The maximum Gasteiger partial charge on any atom is 0.408 e. The zero-order chi connectivity index (χ0) is 20.6. The van der Waals surface area contributed by atoms with E-state index in [-0.39, 0.29) is 12.5 Å². The second kappa shape index (κ2) is 10.4. The lowest BCUT2D eigenvalue weighted by Gasteiger charge is -2.29. The topological polar surface area (TPSA) is 83.6 Å². The van der Waals surface area contributed by atoms with Crippen molar-refractivity contribution in [2.75, 3.05) is 18.4 Å². The molecule has 0 bridgehead atoms. The molecule has 7 nitrogen and oxygen atoms in total. The van der Waals surface area contributed by atoms with Gasteiger partial charge in [0.25, 0.3) is 0 Å². The maximum absolute atomic E-state index is 12.3. The molecule has 0 spiro atoms. The first-order valence-corrected chi connectivity index (χ1v) is 10.8. The van der Waals surface area contributed by atoms with Crippen molar-refractivity contribution in [2.24, 2.45) is 5.92 Å². The molecule has 2 aromatic rings. The Hall–Kier alpha value is -2.45. The first-order chi connectivity index (χ1) is 14.0. The van der Waals surface area contributed by atoms with Gasteiger partial charge in [0, 0.05) is 11.9 Å². The molecular formula is C21H28N4O3S. The summed E-state index contributed by atoms with van der Waals surface area (Å²) in [5.74, 6) is 0.472. The van der Waals surface area contributed by atoms with E-state index in [2.05, 4.69) is 27.4 Å². The molecule has 0 radical (unpaired) electrons. The van der Waals surface area contributed by atoms with Crippen LogP contribution < -0.4 is 10.6 Å². The number of likely N-dealkylation sites (tertiary alicyclic amines) is 1. The van der Waals surface area contributed by atoms with Crippen LogP contribution >= 0.6 is 11.3 Å². The zero-order valence-corrected chi connectivity index (χ0v) is 17.7. The molecule has 2 amide bonds. The molecule has 1 atom stereocenters. The van der Waals surface area contributed by atoms with Crippen molar-refractivity contribution in [1.29, 1.82) is 0 Å². The monoisotopic (exact) mass is 416 g/mol. The Bertz CT molecular complexity index is 803. The van der Waals surface area contributed by atoms with Gasteiger partial charge in [-0.15, -0.1) is 11.3 Å². The van der Waals surface area contributed by atoms with Crippen molar-refractivity contribution in [2.45, 2.75) is 45.9 Å². The normalized spacial score (nSPS) is 16.2. The van der Waals surface area contributed by atoms with Crippen molar-refractivity contribution >= 4 is 28.5 Å². The van der Waals surface area contributed by atoms with Gasteiger partial charge in [0.15, 0.2) is 5.13 Å². The number of amides is 2. The van der Waals surface area contributed by atoms with E-state index in [0.29, 0.717) is 5.13 Å². The van der Waals surface area contributed by atoms with Gasteiger partial charge in [-0.1, -0.05) is 37.3 Å². The third kappa shape index (κ3) is 6.83. The summed E-state index contributed by atoms with van der Waals surface area (Å²) in [5.41, 5.74) is 1.85. The Morgan fingerprint density at radius 2 is 2.00 bits per heavy atom. The van der Waals surface area contributed by atoms with E-state index in [0.717, 1.165) is 36.8 Å². The zero-order valence-electron chi connectivity index (χ0n) is 16.9. The van der Waals surface area contributed by atoms with E-state index in [1.54, 1.807) is 6.92 Å². The van der Waals surface area contributed by atoms with E-state index in [1.807, 2.05) is 35.7 Å². The van der Waals surface area contributed by atoms with Gasteiger partial charge in [-0.3, -0.25) is 9.69 Å². The van der Waals surface area contributed by atoms with Gasteiger partial charge in [0.2, 0.25) is 5.91 Å². The highest BCUT2D eigenvalue weighted by molar-refractivity contribution is 7.13. The second-order valence-electron chi connectivity index (χ2n) is 7.52. The van der Waals surface area contributed by atoms with Crippen LogP contribution in [0.15, 0.2) is 35.7 Å². The predicted octanol–water partition coefficient (Wildman–Crippen LogP) is 3.63. The number of thiazole rings is 1. The van der Waals surface area contributed by atoms with E-state index >= 15 is 0 Å². The lowest BCUT2D eigenvalue weighted by atomic mass is 9.99. The van der Waals surface area contributed by atoms with Crippen LogP contribution in [0.2, 0.25) is 0 Å². The Balaban J connectivity index is 1.41. The molecule has 1 aliphatic heterocycles. The van der Waals surface area contributed by atoms with Crippen LogP contribution in [-0.4, -0.2) is 41.0 Å². The van der Waals surface area contributed by atoms with Crippen LogP contribution in [-0.2, 0) is 22.7 Å². The van der Waals surface area contributed by atoms with E-state index in [9.17, 15) is 9.59 Å². The molecule has 1 saturated heterocycles. The quantitative estimate of drug-likeness (QED) is 0.720. The minimum atomic E-state index is -0.728. The fourth-order valence-corrected chi connectivity index (χ4v) is 3.81. The molecule has 2 N–H and O–H groups in total. The molecule has 2 heterocycles. The minimum absolute atomic E-state index is 0.159. The van der Waals surface area contributed by atoms with E-state index < -0.39 is 12.1 Å². The first-order valence-electron chi connectivity index (χ1n) is 9.94. The fourth-order valence-electron chi connectivity index (χ4n) is 3.11. The third-order valence-electron chi connectivity index (χ3n) is 4.98. The SMILES string of the molecule is CC1CCN(Cc2csc(NC(=O)[C@H](C)NC(=O)OCc3ccccc3)n2)CC1. The van der Waals surface area contributed by atoms with Gasteiger partial charge < -0.3 is 15.4 Å². The Morgan fingerprint density at radius 1 is 1.28 bits per heavy atom. The van der Waals surface area contributed by atoms with Gasteiger partial charge in [-0.05, 0) is 44.3 Å². The molecule has 1 fully saturated rings. The predicted molar refractivity (Wildman–Crippen MR) is 114 cm³/mol. The number of piperidine rings is 1. The Morgan fingerprint density at radius 3 is 2.72 bits per heavy atom. The summed E-state index contributed by atoms with van der Waals surface area (Å²) in [6.07, 6.45) is 1.81. The molecule has 1 aliphatic rings. The van der Waals surface area contributed by atoms with Gasteiger partial charge >= 0.3 is 6.09 Å². The number of anilines is 1. The number of alkyl carbamates (subject to hydrolysis) is 1. The van der Waals surface area contributed by atoms with Crippen LogP contribution in [0.3, 0.4) is 0 Å². The summed E-state index contributed by atoms with van der Waals surface area (Å²) in [7, 11) is 0. The highest BCUT2D eigenvalue weighted by Gasteiger charge is 2.19. The molecule has 8 heteroatoms. The summed E-state index contributed by atoms with van der Waals surface area (Å²) in [5, 5.41) is 7.82. The highest BCUT2D eigenvalue weighted by atomic mass is 32.1. The van der Waals surface area contributed by atoms with Crippen molar-refractivity contribution in [3.05, 3.63) is 47.0 Å². The highest BCUT2D eigenvalue weighted by Crippen LogP contribution is 2.21. The van der Waals surface area contributed by atoms with Crippen LogP contribution in [0.1, 0.15) is 37.9 Å². The molecule has 1 aromatic carbocycles. The van der Waals surface area contributed by atoms with Gasteiger partial charge in [-0.25, -0.2) is 9.78 Å². The van der Waals surface area contributed by atoms with Crippen molar-refractivity contribution < 1.29 is 14.3 Å². The van der Waals surface area contributed by atoms with E-state index in [1.165, 1.54) is 24.2 Å². The van der Waals surface area contributed by atoms with Crippen LogP contribution in [0.5, 0.6) is 0 Å². The van der Waals surface area contributed by atoms with Crippen LogP contribution in [0.25, 0.3) is 0 Å².